The summed E-state index contributed by atoms with van der Waals surface area (Å²) in [7, 11) is 0. The topological polar surface area (TPSA) is 108 Å². The van der Waals surface area contributed by atoms with Gasteiger partial charge in [0.2, 0.25) is 0 Å². The van der Waals surface area contributed by atoms with Gasteiger partial charge < -0.3 is 15.7 Å². The minimum atomic E-state index is -1.02. The summed E-state index contributed by atoms with van der Waals surface area (Å²) in [5.41, 5.74) is 8.38. The molecule has 1 aliphatic heterocycles. The Morgan fingerprint density at radius 3 is 2.69 bits per heavy atom. The van der Waals surface area contributed by atoms with E-state index < -0.39 is 17.7 Å². The Balaban J connectivity index is 0.000000913. The van der Waals surface area contributed by atoms with E-state index in [1.165, 1.54) is 17.0 Å². The summed E-state index contributed by atoms with van der Waals surface area (Å²) in [6, 6.07) is 12.4. The normalized spacial score (nSPS) is 12.4. The molecule has 0 atom stereocenters. The van der Waals surface area contributed by atoms with Gasteiger partial charge in [0.05, 0.1) is 30.4 Å². The molecule has 0 aliphatic carbocycles. The zero-order chi connectivity index (χ0) is 23.3. The van der Waals surface area contributed by atoms with Crippen LogP contribution in [0.3, 0.4) is 0 Å². The Morgan fingerprint density at radius 1 is 1.28 bits per heavy atom. The summed E-state index contributed by atoms with van der Waals surface area (Å²) in [4.78, 5) is 12.8. The smallest absolute Gasteiger partial charge is 0.407 e. The molecule has 0 radical (unpaired) electrons. The first kappa shape index (κ1) is 22.9. The summed E-state index contributed by atoms with van der Waals surface area (Å²) in [5, 5.41) is 23.2. The number of amides is 1. The van der Waals surface area contributed by atoms with Crippen LogP contribution < -0.4 is 5.73 Å². The van der Waals surface area contributed by atoms with Gasteiger partial charge >= 0.3 is 6.09 Å². The van der Waals surface area contributed by atoms with Gasteiger partial charge in [-0.05, 0) is 24.7 Å². The molecular weight excluding hydrogens is 416 g/mol. The predicted molar refractivity (Wildman–Crippen MR) is 115 cm³/mol. The Kier molecular flexibility index (Phi) is 7.18. The van der Waals surface area contributed by atoms with Crippen LogP contribution in [0.4, 0.5) is 13.6 Å². The highest BCUT2D eigenvalue weighted by atomic mass is 19.1. The first-order valence-corrected chi connectivity index (χ1v) is 10.1. The molecule has 0 unspecified atom stereocenters. The average Bonchev–Trinajstić information content (AvgIpc) is 3.14. The van der Waals surface area contributed by atoms with E-state index in [9.17, 15) is 23.9 Å². The number of rotatable bonds is 3. The van der Waals surface area contributed by atoms with Crippen molar-refractivity contribution in [2.75, 3.05) is 13.1 Å². The van der Waals surface area contributed by atoms with E-state index >= 15 is 0 Å². The van der Waals surface area contributed by atoms with Gasteiger partial charge in [0.25, 0.3) is 0 Å². The fourth-order valence-electron chi connectivity index (χ4n) is 3.56. The molecule has 0 spiro atoms. The van der Waals surface area contributed by atoms with Gasteiger partial charge in [0, 0.05) is 41.4 Å². The summed E-state index contributed by atoms with van der Waals surface area (Å²) in [5.74, 6) is -1.31. The fraction of sp³-hybridized carbons (Fsp3) is 0.261. The minimum Gasteiger partial charge on any atom is -0.465 e. The van der Waals surface area contributed by atoms with Crippen molar-refractivity contribution in [3.63, 3.8) is 0 Å². The number of hydrogen-bond donors (Lipinski definition) is 2. The molecule has 4 rings (SSSR count). The maximum absolute atomic E-state index is 14.2. The largest absolute Gasteiger partial charge is 0.465 e. The van der Waals surface area contributed by atoms with Crippen molar-refractivity contribution >= 4 is 6.09 Å². The van der Waals surface area contributed by atoms with Crippen molar-refractivity contribution in [1.82, 2.24) is 14.7 Å². The van der Waals surface area contributed by atoms with Crippen LogP contribution in [-0.2, 0) is 19.5 Å². The molecule has 0 fully saturated rings. The lowest BCUT2D eigenvalue weighted by atomic mass is 10.00. The second kappa shape index (κ2) is 10.0. The van der Waals surface area contributed by atoms with E-state index in [1.807, 2.05) is 6.92 Å². The third-order valence-electron chi connectivity index (χ3n) is 5.00. The van der Waals surface area contributed by atoms with Gasteiger partial charge in [-0.25, -0.2) is 13.6 Å². The summed E-state index contributed by atoms with van der Waals surface area (Å²) in [6.07, 6.45) is -0.597. The number of carbonyl (C=O) groups is 1. The quantitative estimate of drug-likeness (QED) is 0.646. The molecule has 7 nitrogen and oxygen atoms in total. The van der Waals surface area contributed by atoms with Gasteiger partial charge in [-0.15, -0.1) is 0 Å². The highest BCUT2D eigenvalue weighted by Gasteiger charge is 2.28. The average molecular weight is 439 g/mol. The Labute approximate surface area is 184 Å². The van der Waals surface area contributed by atoms with Crippen LogP contribution in [0.15, 0.2) is 42.5 Å². The van der Waals surface area contributed by atoms with Crippen LogP contribution in [0, 0.1) is 23.0 Å². The summed E-state index contributed by atoms with van der Waals surface area (Å²) < 4.78 is 29.0. The molecule has 1 aromatic heterocycles. The van der Waals surface area contributed by atoms with E-state index in [2.05, 4.69) is 11.2 Å². The van der Waals surface area contributed by atoms with E-state index in [0.29, 0.717) is 29.8 Å². The van der Waals surface area contributed by atoms with Crippen molar-refractivity contribution < 1.29 is 18.7 Å². The molecule has 32 heavy (non-hydrogen) atoms. The molecular formula is C23H23F2N5O2. The maximum Gasteiger partial charge on any atom is 0.407 e. The zero-order valence-corrected chi connectivity index (χ0v) is 17.6. The maximum atomic E-state index is 14.2. The van der Waals surface area contributed by atoms with Crippen LogP contribution in [0.5, 0.6) is 0 Å². The highest BCUT2D eigenvalue weighted by molar-refractivity contribution is 5.69. The predicted octanol–water partition coefficient (Wildman–Crippen LogP) is 3.75. The number of benzene rings is 2. The molecule has 0 saturated heterocycles. The zero-order valence-electron chi connectivity index (χ0n) is 17.6. The molecule has 166 valence electrons. The molecule has 2 aromatic carbocycles. The fourth-order valence-corrected chi connectivity index (χ4v) is 3.56. The number of nitrogens with two attached hydrogens (primary N) is 1. The number of aromatic nitrogens is 2. The standard InChI is InChI=1S/C21H16F2N4O2.C2H7N/c22-16-5-4-15(18(23)9-16)11-27-19-6-7-26(21(28)29)12-17(19)20(25-27)14-3-1-2-13(8-14)10-24;1-2-3/h1-5,8-9H,6-7,11-12H2,(H,28,29);2-3H2,1H3. The Bertz CT molecular complexity index is 1170. The van der Waals surface area contributed by atoms with Gasteiger partial charge in [0.1, 0.15) is 11.6 Å². The van der Waals surface area contributed by atoms with Crippen LogP contribution in [0.1, 0.15) is 29.3 Å². The highest BCUT2D eigenvalue weighted by Crippen LogP contribution is 2.31. The number of nitrogens with zero attached hydrogens (tertiary/aromatic N) is 4. The first-order chi connectivity index (χ1) is 15.4. The third-order valence-corrected chi connectivity index (χ3v) is 5.00. The Morgan fingerprint density at radius 2 is 2.03 bits per heavy atom. The molecule has 9 heteroatoms. The van der Waals surface area contributed by atoms with Gasteiger partial charge in [-0.2, -0.15) is 10.4 Å². The summed E-state index contributed by atoms with van der Waals surface area (Å²) >= 11 is 0. The number of hydrogen-bond acceptors (Lipinski definition) is 4. The molecule has 3 N–H and O–H groups in total. The summed E-state index contributed by atoms with van der Waals surface area (Å²) in [6.45, 7) is 3.21. The molecule has 3 aromatic rings. The number of nitriles is 1. The molecule has 2 heterocycles. The van der Waals surface area contributed by atoms with E-state index in [0.717, 1.165) is 23.9 Å². The third kappa shape index (κ3) is 4.92. The van der Waals surface area contributed by atoms with Crippen molar-refractivity contribution in [3.8, 4) is 17.3 Å². The molecule has 1 aliphatic rings. The van der Waals surface area contributed by atoms with Crippen molar-refractivity contribution in [1.29, 1.82) is 5.26 Å². The molecule has 1 amide bonds. The van der Waals surface area contributed by atoms with Crippen LogP contribution >= 0.6 is 0 Å². The number of carboxylic acid groups (broad SMARTS) is 1. The lowest BCUT2D eigenvalue weighted by Crippen LogP contribution is -2.35. The van der Waals surface area contributed by atoms with Crippen LogP contribution in [-0.4, -0.2) is 39.0 Å². The van der Waals surface area contributed by atoms with Gasteiger partial charge in [0.15, 0.2) is 0 Å². The number of halogens is 2. The lowest BCUT2D eigenvalue weighted by Gasteiger charge is -2.25. The molecule has 0 bridgehead atoms. The van der Waals surface area contributed by atoms with E-state index in [4.69, 9.17) is 5.73 Å². The lowest BCUT2D eigenvalue weighted by molar-refractivity contribution is 0.139. The van der Waals surface area contributed by atoms with Crippen molar-refractivity contribution in [2.24, 2.45) is 5.73 Å². The molecule has 0 saturated carbocycles. The van der Waals surface area contributed by atoms with Crippen molar-refractivity contribution in [3.05, 3.63) is 76.5 Å². The van der Waals surface area contributed by atoms with Gasteiger partial charge in [-0.3, -0.25) is 4.68 Å². The second-order valence-electron chi connectivity index (χ2n) is 7.22. The second-order valence-corrected chi connectivity index (χ2v) is 7.22. The van der Waals surface area contributed by atoms with Crippen molar-refractivity contribution in [2.45, 2.75) is 26.4 Å². The SMILES string of the molecule is CCN.N#Cc1cccc(-c2nn(Cc3ccc(F)cc3F)c3c2CN(C(=O)O)CC3)c1. The monoisotopic (exact) mass is 439 g/mol. The minimum absolute atomic E-state index is 0.0967. The van der Waals surface area contributed by atoms with Gasteiger partial charge in [-0.1, -0.05) is 25.1 Å². The van der Waals surface area contributed by atoms with E-state index in [-0.39, 0.29) is 18.7 Å². The Hall–Kier alpha value is -3.77. The van der Waals surface area contributed by atoms with Crippen LogP contribution in [0.25, 0.3) is 11.3 Å². The van der Waals surface area contributed by atoms with E-state index in [1.54, 1.807) is 28.9 Å². The number of fused-ring (bicyclic) bond motifs is 1. The first-order valence-electron chi connectivity index (χ1n) is 10.1. The van der Waals surface area contributed by atoms with Crippen LogP contribution in [0.2, 0.25) is 0 Å².